The second-order valence-corrected chi connectivity index (χ2v) is 2.16. The van der Waals surface area contributed by atoms with Crippen molar-refractivity contribution in [3.05, 3.63) is 33.2 Å². The topological polar surface area (TPSA) is 123 Å². The van der Waals surface area contributed by atoms with E-state index in [-0.39, 0.29) is 16.6 Å². The van der Waals surface area contributed by atoms with E-state index in [4.69, 9.17) is 0 Å². The number of rotatable bonds is 0. The molecule has 2 aromatic rings. The molecule has 13 heavy (non-hydrogen) atoms. The fourth-order valence-corrected chi connectivity index (χ4v) is 0.897. The predicted molar refractivity (Wildman–Crippen MR) is 44.4 cm³/mol. The van der Waals surface area contributed by atoms with Gasteiger partial charge in [-0.15, -0.1) is 0 Å². The molecule has 0 aliphatic carbocycles. The number of H-pyrrole nitrogens is 2. The lowest BCUT2D eigenvalue weighted by atomic mass is 10.5. The molecule has 0 spiro atoms. The number of fused-ring (bicyclic) bond motifs is 1. The van der Waals surface area contributed by atoms with Crippen molar-refractivity contribution in [3.63, 3.8) is 0 Å². The molecule has 2 aromatic heterocycles. The summed E-state index contributed by atoms with van der Waals surface area (Å²) in [4.78, 5) is 33.6. The van der Waals surface area contributed by atoms with Gasteiger partial charge in [-0.3, -0.25) is 14.8 Å². The van der Waals surface area contributed by atoms with E-state index in [9.17, 15) is 9.59 Å². The fourth-order valence-electron chi connectivity index (χ4n) is 0.897. The Bertz CT molecular complexity index is 529. The minimum atomic E-state index is -0.576. The van der Waals surface area contributed by atoms with Crippen LogP contribution in [-0.4, -0.2) is 25.4 Å². The molecule has 2 rings (SSSR count). The SMILES string of the molecule is O.O=c1[nH]c(=O)c2nccnc2[nH]1. The molecule has 0 fully saturated rings. The van der Waals surface area contributed by atoms with Crippen LogP contribution in [0, 0.1) is 0 Å². The summed E-state index contributed by atoms with van der Waals surface area (Å²) in [7, 11) is 0. The summed E-state index contributed by atoms with van der Waals surface area (Å²) in [5.41, 5.74) is -0.766. The van der Waals surface area contributed by atoms with E-state index in [1.807, 2.05) is 4.98 Å². The molecule has 0 bridgehead atoms. The second kappa shape index (κ2) is 3.15. The van der Waals surface area contributed by atoms with Crippen molar-refractivity contribution in [2.45, 2.75) is 0 Å². The summed E-state index contributed by atoms with van der Waals surface area (Å²) >= 11 is 0. The van der Waals surface area contributed by atoms with E-state index in [0.717, 1.165) is 0 Å². The third-order valence-electron chi connectivity index (χ3n) is 1.37. The monoisotopic (exact) mass is 182 g/mol. The molecule has 0 atom stereocenters. The van der Waals surface area contributed by atoms with Crippen LogP contribution in [0.2, 0.25) is 0 Å². The van der Waals surface area contributed by atoms with E-state index in [0.29, 0.717) is 0 Å². The normalized spacial score (nSPS) is 9.54. The molecule has 0 saturated heterocycles. The number of nitrogens with one attached hydrogen (secondary N) is 2. The van der Waals surface area contributed by atoms with Crippen LogP contribution >= 0.6 is 0 Å². The third-order valence-corrected chi connectivity index (χ3v) is 1.37. The van der Waals surface area contributed by atoms with Gasteiger partial charge in [0.2, 0.25) is 0 Å². The van der Waals surface area contributed by atoms with Gasteiger partial charge >= 0.3 is 5.69 Å². The van der Waals surface area contributed by atoms with Crippen molar-refractivity contribution in [2.75, 3.05) is 0 Å². The smallest absolute Gasteiger partial charge is 0.327 e. The largest absolute Gasteiger partial charge is 0.412 e. The summed E-state index contributed by atoms with van der Waals surface area (Å²) in [6.45, 7) is 0. The summed E-state index contributed by atoms with van der Waals surface area (Å²) in [5.74, 6) is 0. The van der Waals surface area contributed by atoms with Gasteiger partial charge in [0.05, 0.1) is 0 Å². The number of nitrogens with zero attached hydrogens (tertiary/aromatic N) is 2. The Hall–Kier alpha value is -2.02. The lowest BCUT2D eigenvalue weighted by Gasteiger charge is -1.90. The number of hydrogen-bond acceptors (Lipinski definition) is 4. The summed E-state index contributed by atoms with van der Waals surface area (Å²) in [6, 6.07) is 0. The van der Waals surface area contributed by atoms with Crippen LogP contribution < -0.4 is 11.2 Å². The average molecular weight is 182 g/mol. The highest BCUT2D eigenvalue weighted by atomic mass is 16.2. The average Bonchev–Trinajstić information content (AvgIpc) is 2.04. The second-order valence-electron chi connectivity index (χ2n) is 2.16. The first kappa shape index (κ1) is 9.07. The molecule has 7 nitrogen and oxygen atoms in total. The van der Waals surface area contributed by atoms with Crippen LogP contribution in [0.1, 0.15) is 0 Å². The minimum absolute atomic E-state index is 0. The van der Waals surface area contributed by atoms with Gasteiger partial charge in [-0.05, 0) is 0 Å². The van der Waals surface area contributed by atoms with Crippen LogP contribution in [0.4, 0.5) is 0 Å². The molecule has 4 N–H and O–H groups in total. The zero-order valence-electron chi connectivity index (χ0n) is 6.37. The molecule has 0 aliphatic heterocycles. The summed E-state index contributed by atoms with van der Waals surface area (Å²) in [5, 5.41) is 0. The van der Waals surface area contributed by atoms with Crippen molar-refractivity contribution in [3.8, 4) is 0 Å². The standard InChI is InChI=1S/C6H4N4O2.H2O/c11-5-3-4(8-2-1-7-3)9-6(12)10-5;/h1-2H,(H2,8,9,10,11,12);1H2. The number of aromatic amines is 2. The summed E-state index contributed by atoms with van der Waals surface area (Å²) in [6.07, 6.45) is 2.79. The molecule has 0 aromatic carbocycles. The van der Waals surface area contributed by atoms with E-state index in [2.05, 4.69) is 15.0 Å². The first-order valence-corrected chi connectivity index (χ1v) is 3.21. The van der Waals surface area contributed by atoms with Crippen LogP contribution in [0.5, 0.6) is 0 Å². The Morgan fingerprint density at radius 1 is 1.08 bits per heavy atom. The maximum absolute atomic E-state index is 11.0. The van der Waals surface area contributed by atoms with Gasteiger partial charge in [0.1, 0.15) is 0 Å². The quantitative estimate of drug-likeness (QED) is 0.497. The van der Waals surface area contributed by atoms with Crippen molar-refractivity contribution in [1.29, 1.82) is 0 Å². The fraction of sp³-hybridized carbons (Fsp3) is 0. The van der Waals surface area contributed by atoms with Crippen molar-refractivity contribution >= 4 is 11.2 Å². The van der Waals surface area contributed by atoms with Gasteiger partial charge in [0.15, 0.2) is 11.2 Å². The molecule has 0 aliphatic rings. The van der Waals surface area contributed by atoms with Crippen LogP contribution in [-0.2, 0) is 0 Å². The molecule has 7 heteroatoms. The first-order valence-electron chi connectivity index (χ1n) is 3.21. The Balaban J connectivity index is 0.000000845. The molecule has 0 unspecified atom stereocenters. The predicted octanol–water partition coefficient (Wildman–Crippen LogP) is -1.82. The van der Waals surface area contributed by atoms with Crippen molar-refractivity contribution in [1.82, 2.24) is 19.9 Å². The molecular weight excluding hydrogens is 176 g/mol. The molecule has 0 radical (unpaired) electrons. The van der Waals surface area contributed by atoms with Crippen LogP contribution in [0.25, 0.3) is 11.2 Å². The third kappa shape index (κ3) is 1.44. The van der Waals surface area contributed by atoms with Gasteiger partial charge in [0.25, 0.3) is 5.56 Å². The lowest BCUT2D eigenvalue weighted by Crippen LogP contribution is -2.22. The maximum atomic E-state index is 11.0. The Morgan fingerprint density at radius 2 is 1.77 bits per heavy atom. The van der Waals surface area contributed by atoms with Crippen LogP contribution in [0.3, 0.4) is 0 Å². The van der Waals surface area contributed by atoms with Gasteiger partial charge < -0.3 is 5.48 Å². The molecule has 68 valence electrons. The van der Waals surface area contributed by atoms with Gasteiger partial charge in [-0.25, -0.2) is 14.8 Å². The first-order chi connectivity index (χ1) is 5.77. The molecule has 0 amide bonds. The highest BCUT2D eigenvalue weighted by Crippen LogP contribution is 1.91. The maximum Gasteiger partial charge on any atom is 0.327 e. The number of aromatic nitrogens is 4. The summed E-state index contributed by atoms with van der Waals surface area (Å²) < 4.78 is 0. The highest BCUT2D eigenvalue weighted by Gasteiger charge is 1.99. The minimum Gasteiger partial charge on any atom is -0.412 e. The van der Waals surface area contributed by atoms with E-state index in [1.54, 1.807) is 0 Å². The van der Waals surface area contributed by atoms with Gasteiger partial charge in [0, 0.05) is 12.4 Å². The zero-order valence-corrected chi connectivity index (χ0v) is 6.37. The highest BCUT2D eigenvalue weighted by molar-refractivity contribution is 5.66. The Labute approximate surface area is 70.8 Å². The van der Waals surface area contributed by atoms with Crippen molar-refractivity contribution < 1.29 is 5.48 Å². The molecule has 0 saturated carbocycles. The van der Waals surface area contributed by atoms with E-state index in [1.165, 1.54) is 12.4 Å². The Kier molecular flexibility index (Phi) is 2.20. The lowest BCUT2D eigenvalue weighted by molar-refractivity contribution is 0.824. The zero-order chi connectivity index (χ0) is 8.55. The molecule has 2 heterocycles. The van der Waals surface area contributed by atoms with E-state index >= 15 is 0 Å². The van der Waals surface area contributed by atoms with Gasteiger partial charge in [-0.2, -0.15) is 0 Å². The number of hydrogen-bond donors (Lipinski definition) is 2. The van der Waals surface area contributed by atoms with Gasteiger partial charge in [-0.1, -0.05) is 0 Å². The Morgan fingerprint density at radius 3 is 2.54 bits per heavy atom. The van der Waals surface area contributed by atoms with E-state index < -0.39 is 11.2 Å². The van der Waals surface area contributed by atoms with Crippen LogP contribution in [0.15, 0.2) is 22.0 Å². The van der Waals surface area contributed by atoms with Crippen molar-refractivity contribution in [2.24, 2.45) is 0 Å². The molecular formula is C6H6N4O3.